The Bertz CT molecular complexity index is 479. The first-order valence-electron chi connectivity index (χ1n) is 7.40. The van der Waals surface area contributed by atoms with Gasteiger partial charge < -0.3 is 15.2 Å². The number of anilines is 1. The highest BCUT2D eigenvalue weighted by Gasteiger charge is 2.43. The molecule has 1 saturated heterocycles. The van der Waals surface area contributed by atoms with E-state index in [1.807, 2.05) is 49.9 Å². The van der Waals surface area contributed by atoms with E-state index in [1.165, 1.54) is 0 Å². The van der Waals surface area contributed by atoms with E-state index in [4.69, 9.17) is 4.74 Å². The Labute approximate surface area is 125 Å². The second-order valence-electron chi connectivity index (χ2n) is 5.91. The predicted octanol–water partition coefficient (Wildman–Crippen LogP) is 1.73. The number of rotatable bonds is 6. The molecule has 1 aliphatic rings. The number of carbonyl (C=O) groups excluding carboxylic acids is 1. The second kappa shape index (κ2) is 6.45. The summed E-state index contributed by atoms with van der Waals surface area (Å²) in [6.45, 7) is 7.97. The first-order chi connectivity index (χ1) is 9.93. The molecule has 0 saturated carbocycles. The summed E-state index contributed by atoms with van der Waals surface area (Å²) in [7, 11) is 0. The maximum absolute atomic E-state index is 11.9. The monoisotopic (exact) mass is 292 g/mol. The van der Waals surface area contributed by atoms with Gasteiger partial charge >= 0.3 is 0 Å². The molecule has 0 radical (unpaired) electrons. The van der Waals surface area contributed by atoms with Crippen LogP contribution in [0, 0.1) is 5.92 Å². The standard InChI is InChI=1S/C16H24N2O3/c1-4-21-14-7-5-13(6-8-14)17-15(19)9-18-10-16(20,11-18)12(2)3/h5-8,12,20H,4,9-11H2,1-3H3,(H,17,19). The smallest absolute Gasteiger partial charge is 0.238 e. The highest BCUT2D eigenvalue weighted by molar-refractivity contribution is 5.92. The first kappa shape index (κ1) is 15.8. The van der Waals surface area contributed by atoms with Gasteiger partial charge in [-0.05, 0) is 37.1 Å². The summed E-state index contributed by atoms with van der Waals surface area (Å²) in [5.74, 6) is 0.938. The number of hydrogen-bond acceptors (Lipinski definition) is 4. The fourth-order valence-corrected chi connectivity index (χ4v) is 2.41. The SMILES string of the molecule is CCOc1ccc(NC(=O)CN2CC(O)(C(C)C)C2)cc1. The Hall–Kier alpha value is -1.59. The summed E-state index contributed by atoms with van der Waals surface area (Å²) in [6, 6.07) is 7.31. The van der Waals surface area contributed by atoms with E-state index in [1.54, 1.807) is 0 Å². The van der Waals surface area contributed by atoms with Crippen LogP contribution >= 0.6 is 0 Å². The number of amides is 1. The van der Waals surface area contributed by atoms with Gasteiger partial charge in [0.25, 0.3) is 0 Å². The Morgan fingerprint density at radius 2 is 2.00 bits per heavy atom. The average Bonchev–Trinajstić information content (AvgIpc) is 2.39. The molecule has 0 spiro atoms. The minimum atomic E-state index is -0.639. The van der Waals surface area contributed by atoms with Crippen molar-refractivity contribution in [3.8, 4) is 5.75 Å². The molecular weight excluding hydrogens is 268 g/mol. The fourth-order valence-electron chi connectivity index (χ4n) is 2.41. The molecular formula is C16H24N2O3. The van der Waals surface area contributed by atoms with Gasteiger partial charge in [-0.2, -0.15) is 0 Å². The summed E-state index contributed by atoms with van der Waals surface area (Å²) < 4.78 is 5.35. The number of β-amino-alcohol motifs (C(OH)–C–C–N with tert-alkyl or cyclic N) is 1. The summed E-state index contributed by atoms with van der Waals surface area (Å²) in [5.41, 5.74) is 0.113. The average molecular weight is 292 g/mol. The molecule has 116 valence electrons. The van der Waals surface area contributed by atoms with Crippen LogP contribution in [-0.4, -0.2) is 47.8 Å². The number of nitrogens with zero attached hydrogens (tertiary/aromatic N) is 1. The van der Waals surface area contributed by atoms with Gasteiger partial charge in [-0.1, -0.05) is 13.8 Å². The van der Waals surface area contributed by atoms with E-state index in [0.29, 0.717) is 26.2 Å². The Balaban J connectivity index is 1.78. The molecule has 1 amide bonds. The third-order valence-electron chi connectivity index (χ3n) is 3.89. The van der Waals surface area contributed by atoms with Crippen molar-refractivity contribution in [1.82, 2.24) is 4.90 Å². The van der Waals surface area contributed by atoms with E-state index in [-0.39, 0.29) is 11.8 Å². The molecule has 0 atom stereocenters. The van der Waals surface area contributed by atoms with Crippen LogP contribution in [0.2, 0.25) is 0 Å². The lowest BCUT2D eigenvalue weighted by Gasteiger charge is -2.48. The van der Waals surface area contributed by atoms with Gasteiger partial charge in [0.05, 0.1) is 18.8 Å². The number of benzene rings is 1. The molecule has 1 heterocycles. The topological polar surface area (TPSA) is 61.8 Å². The van der Waals surface area contributed by atoms with Crippen molar-refractivity contribution in [1.29, 1.82) is 0 Å². The van der Waals surface area contributed by atoms with Crippen LogP contribution in [0.15, 0.2) is 24.3 Å². The summed E-state index contributed by atoms with van der Waals surface area (Å²) in [4.78, 5) is 13.9. The van der Waals surface area contributed by atoms with E-state index >= 15 is 0 Å². The van der Waals surface area contributed by atoms with Crippen LogP contribution in [0.25, 0.3) is 0 Å². The minimum absolute atomic E-state index is 0.0648. The van der Waals surface area contributed by atoms with Crippen molar-refractivity contribution in [2.24, 2.45) is 5.92 Å². The molecule has 1 aromatic carbocycles. The van der Waals surface area contributed by atoms with Crippen LogP contribution < -0.4 is 10.1 Å². The van der Waals surface area contributed by atoms with Crippen molar-refractivity contribution in [2.75, 3.05) is 31.6 Å². The van der Waals surface area contributed by atoms with Crippen LogP contribution in [0.3, 0.4) is 0 Å². The minimum Gasteiger partial charge on any atom is -0.494 e. The number of ether oxygens (including phenoxy) is 1. The van der Waals surface area contributed by atoms with Gasteiger partial charge in [0.15, 0.2) is 0 Å². The van der Waals surface area contributed by atoms with Gasteiger partial charge in [0.2, 0.25) is 5.91 Å². The normalized spacial score (nSPS) is 17.4. The van der Waals surface area contributed by atoms with Crippen molar-refractivity contribution in [3.63, 3.8) is 0 Å². The molecule has 1 aliphatic heterocycles. The highest BCUT2D eigenvalue weighted by atomic mass is 16.5. The van der Waals surface area contributed by atoms with E-state index in [2.05, 4.69) is 5.32 Å². The molecule has 21 heavy (non-hydrogen) atoms. The molecule has 1 fully saturated rings. The van der Waals surface area contributed by atoms with Crippen LogP contribution in [-0.2, 0) is 4.79 Å². The zero-order valence-corrected chi connectivity index (χ0v) is 12.9. The summed E-state index contributed by atoms with van der Waals surface area (Å²) in [6.07, 6.45) is 0. The Kier molecular flexibility index (Phi) is 4.85. The van der Waals surface area contributed by atoms with Gasteiger partial charge in [0, 0.05) is 18.8 Å². The molecule has 5 nitrogen and oxygen atoms in total. The van der Waals surface area contributed by atoms with Gasteiger partial charge in [-0.25, -0.2) is 0 Å². The summed E-state index contributed by atoms with van der Waals surface area (Å²) >= 11 is 0. The lowest BCUT2D eigenvalue weighted by atomic mass is 9.83. The van der Waals surface area contributed by atoms with Crippen molar-refractivity contribution >= 4 is 11.6 Å². The lowest BCUT2D eigenvalue weighted by Crippen LogP contribution is -2.65. The Morgan fingerprint density at radius 1 is 1.38 bits per heavy atom. The number of aliphatic hydroxyl groups is 1. The zero-order chi connectivity index (χ0) is 15.5. The van der Waals surface area contributed by atoms with Gasteiger partial charge in [-0.3, -0.25) is 9.69 Å². The lowest BCUT2D eigenvalue weighted by molar-refractivity contribution is -0.139. The largest absolute Gasteiger partial charge is 0.494 e. The molecule has 2 rings (SSSR count). The van der Waals surface area contributed by atoms with Crippen molar-refractivity contribution < 1.29 is 14.6 Å². The third-order valence-corrected chi connectivity index (χ3v) is 3.89. The molecule has 5 heteroatoms. The first-order valence-corrected chi connectivity index (χ1v) is 7.40. The van der Waals surface area contributed by atoms with Gasteiger partial charge in [0.1, 0.15) is 5.75 Å². The molecule has 1 aromatic rings. The van der Waals surface area contributed by atoms with Crippen LogP contribution in [0.5, 0.6) is 5.75 Å². The van der Waals surface area contributed by atoms with E-state index in [9.17, 15) is 9.90 Å². The van der Waals surface area contributed by atoms with E-state index in [0.717, 1.165) is 11.4 Å². The number of hydrogen-bond donors (Lipinski definition) is 2. The fraction of sp³-hybridized carbons (Fsp3) is 0.562. The third kappa shape index (κ3) is 3.95. The number of likely N-dealkylation sites (tertiary alicyclic amines) is 1. The molecule has 0 unspecified atom stereocenters. The summed E-state index contributed by atoms with van der Waals surface area (Å²) in [5, 5.41) is 13.0. The highest BCUT2D eigenvalue weighted by Crippen LogP contribution is 2.28. The molecule has 0 aliphatic carbocycles. The number of carbonyl (C=O) groups is 1. The second-order valence-corrected chi connectivity index (χ2v) is 5.91. The van der Waals surface area contributed by atoms with Crippen molar-refractivity contribution in [3.05, 3.63) is 24.3 Å². The molecule has 2 N–H and O–H groups in total. The maximum atomic E-state index is 11.9. The zero-order valence-electron chi connectivity index (χ0n) is 12.9. The molecule has 0 bridgehead atoms. The predicted molar refractivity (Wildman–Crippen MR) is 82.5 cm³/mol. The Morgan fingerprint density at radius 3 is 2.52 bits per heavy atom. The quantitative estimate of drug-likeness (QED) is 0.838. The van der Waals surface area contributed by atoms with Crippen LogP contribution in [0.4, 0.5) is 5.69 Å². The van der Waals surface area contributed by atoms with E-state index < -0.39 is 5.60 Å². The maximum Gasteiger partial charge on any atom is 0.238 e. The van der Waals surface area contributed by atoms with Gasteiger partial charge in [-0.15, -0.1) is 0 Å². The van der Waals surface area contributed by atoms with Crippen molar-refractivity contribution in [2.45, 2.75) is 26.4 Å². The number of nitrogens with one attached hydrogen (secondary N) is 1. The molecule has 0 aromatic heterocycles. The van der Waals surface area contributed by atoms with Crippen LogP contribution in [0.1, 0.15) is 20.8 Å².